The first-order chi connectivity index (χ1) is 10.1. The minimum Gasteiger partial charge on any atom is -0.352 e. The number of carbonyl (C=O) groups excluding carboxylic acids is 1. The van der Waals surface area contributed by atoms with Crippen LogP contribution in [0.15, 0.2) is 36.4 Å². The molecule has 1 saturated heterocycles. The van der Waals surface area contributed by atoms with E-state index >= 15 is 0 Å². The molecule has 1 heterocycles. The maximum Gasteiger partial charge on any atom is 0.251 e. The molecule has 1 atom stereocenters. The van der Waals surface area contributed by atoms with Gasteiger partial charge < -0.3 is 10.2 Å². The highest BCUT2D eigenvalue weighted by atomic mass is 19.1. The zero-order valence-corrected chi connectivity index (χ0v) is 12.1. The molecular formula is C17H19FN2O. The first-order valence-electron chi connectivity index (χ1n) is 7.29. The number of benzene rings is 2. The Labute approximate surface area is 123 Å². The van der Waals surface area contributed by atoms with Crippen molar-refractivity contribution in [1.82, 2.24) is 10.2 Å². The molecule has 110 valence electrons. The molecule has 1 N–H and O–H groups in total. The first kappa shape index (κ1) is 14.0. The van der Waals surface area contributed by atoms with Crippen LogP contribution in [-0.4, -0.2) is 37.5 Å². The van der Waals surface area contributed by atoms with Crippen LogP contribution in [0.5, 0.6) is 0 Å². The summed E-state index contributed by atoms with van der Waals surface area (Å²) in [5.41, 5.74) is 0.540. The maximum atomic E-state index is 13.8. The van der Waals surface area contributed by atoms with Crippen LogP contribution in [0.1, 0.15) is 16.8 Å². The zero-order valence-electron chi connectivity index (χ0n) is 12.1. The fraction of sp³-hybridized carbons (Fsp3) is 0.353. The number of likely N-dealkylation sites (tertiary alicyclic amines) is 1. The molecule has 0 spiro atoms. The molecule has 1 amide bonds. The lowest BCUT2D eigenvalue weighted by Crippen LogP contribution is -2.30. The number of nitrogens with zero attached hydrogens (tertiary/aromatic N) is 1. The van der Waals surface area contributed by atoms with Gasteiger partial charge in [-0.3, -0.25) is 4.79 Å². The predicted molar refractivity (Wildman–Crippen MR) is 81.8 cm³/mol. The van der Waals surface area contributed by atoms with E-state index in [1.807, 2.05) is 6.07 Å². The van der Waals surface area contributed by atoms with Crippen molar-refractivity contribution in [3.8, 4) is 0 Å². The molecule has 21 heavy (non-hydrogen) atoms. The van der Waals surface area contributed by atoms with E-state index in [-0.39, 0.29) is 11.7 Å². The number of hydrogen-bond acceptors (Lipinski definition) is 2. The van der Waals surface area contributed by atoms with Gasteiger partial charge in [-0.1, -0.05) is 24.3 Å². The molecule has 3 nitrogen and oxygen atoms in total. The van der Waals surface area contributed by atoms with Gasteiger partial charge in [-0.15, -0.1) is 0 Å². The number of hydrogen-bond donors (Lipinski definition) is 1. The molecule has 4 heteroatoms. The highest BCUT2D eigenvalue weighted by molar-refractivity contribution is 6.07. The molecular weight excluding hydrogens is 267 g/mol. The summed E-state index contributed by atoms with van der Waals surface area (Å²) in [5, 5.41) is 4.14. The molecule has 1 aliphatic rings. The van der Waals surface area contributed by atoms with E-state index in [9.17, 15) is 9.18 Å². The van der Waals surface area contributed by atoms with Crippen molar-refractivity contribution in [2.75, 3.05) is 26.7 Å². The van der Waals surface area contributed by atoms with Crippen LogP contribution < -0.4 is 5.32 Å². The molecule has 0 aromatic heterocycles. The Bertz CT molecular complexity index is 671. The van der Waals surface area contributed by atoms with Gasteiger partial charge in [-0.2, -0.15) is 0 Å². The van der Waals surface area contributed by atoms with E-state index in [1.54, 1.807) is 24.3 Å². The number of carbonyl (C=O) groups is 1. The van der Waals surface area contributed by atoms with Gasteiger partial charge in [-0.25, -0.2) is 4.39 Å². The summed E-state index contributed by atoms with van der Waals surface area (Å²) in [5.74, 6) is 0.0889. The smallest absolute Gasteiger partial charge is 0.251 e. The monoisotopic (exact) mass is 286 g/mol. The Morgan fingerprint density at radius 1 is 1.29 bits per heavy atom. The summed E-state index contributed by atoms with van der Waals surface area (Å²) < 4.78 is 13.8. The topological polar surface area (TPSA) is 32.3 Å². The molecule has 0 saturated carbocycles. The van der Waals surface area contributed by atoms with Crippen molar-refractivity contribution in [2.45, 2.75) is 6.42 Å². The number of halogens is 1. The fourth-order valence-corrected chi connectivity index (χ4v) is 2.99. The molecule has 3 rings (SSSR count). The third kappa shape index (κ3) is 2.90. The second kappa shape index (κ2) is 5.82. The van der Waals surface area contributed by atoms with E-state index in [0.717, 1.165) is 19.5 Å². The van der Waals surface area contributed by atoms with Gasteiger partial charge in [0, 0.05) is 24.0 Å². The number of rotatable bonds is 3. The van der Waals surface area contributed by atoms with Gasteiger partial charge in [0.1, 0.15) is 5.82 Å². The normalized spacial score (nSPS) is 19.0. The second-order valence-electron chi connectivity index (χ2n) is 5.77. The lowest BCUT2D eigenvalue weighted by atomic mass is 10.0. The molecule has 2 aromatic rings. The summed E-state index contributed by atoms with van der Waals surface area (Å²) in [4.78, 5) is 14.6. The minimum atomic E-state index is -0.292. The van der Waals surface area contributed by atoms with E-state index in [2.05, 4.69) is 17.3 Å². The van der Waals surface area contributed by atoms with Crippen LogP contribution in [0, 0.1) is 11.7 Å². The highest BCUT2D eigenvalue weighted by Gasteiger charge is 2.20. The van der Waals surface area contributed by atoms with Crippen LogP contribution in [0.25, 0.3) is 10.8 Å². The Balaban J connectivity index is 1.77. The van der Waals surface area contributed by atoms with Crippen LogP contribution in [-0.2, 0) is 0 Å². The third-order valence-electron chi connectivity index (χ3n) is 4.16. The molecule has 0 radical (unpaired) electrons. The van der Waals surface area contributed by atoms with E-state index in [0.29, 0.717) is 28.8 Å². The van der Waals surface area contributed by atoms with Gasteiger partial charge in [-0.05, 0) is 43.5 Å². The Morgan fingerprint density at radius 2 is 2.05 bits per heavy atom. The predicted octanol–water partition coefficient (Wildman–Crippen LogP) is 2.66. The van der Waals surface area contributed by atoms with Crippen molar-refractivity contribution >= 4 is 16.7 Å². The van der Waals surface area contributed by atoms with Gasteiger partial charge >= 0.3 is 0 Å². The van der Waals surface area contributed by atoms with Gasteiger partial charge in [0.05, 0.1) is 0 Å². The maximum absolute atomic E-state index is 13.8. The van der Waals surface area contributed by atoms with Crippen molar-refractivity contribution in [1.29, 1.82) is 0 Å². The minimum absolute atomic E-state index is 0.124. The third-order valence-corrected chi connectivity index (χ3v) is 4.16. The van der Waals surface area contributed by atoms with E-state index in [4.69, 9.17) is 0 Å². The van der Waals surface area contributed by atoms with Gasteiger partial charge in [0.25, 0.3) is 5.91 Å². The fourth-order valence-electron chi connectivity index (χ4n) is 2.99. The average molecular weight is 286 g/mol. The Kier molecular flexibility index (Phi) is 3.88. The summed E-state index contributed by atoms with van der Waals surface area (Å²) in [6.45, 7) is 2.78. The zero-order chi connectivity index (χ0) is 14.8. The molecule has 1 fully saturated rings. The lowest BCUT2D eigenvalue weighted by Gasteiger charge is -2.13. The lowest BCUT2D eigenvalue weighted by molar-refractivity contribution is 0.0949. The molecule has 0 bridgehead atoms. The van der Waals surface area contributed by atoms with Crippen LogP contribution in [0.4, 0.5) is 4.39 Å². The van der Waals surface area contributed by atoms with Crippen molar-refractivity contribution in [3.05, 3.63) is 47.8 Å². The van der Waals surface area contributed by atoms with Crippen LogP contribution >= 0.6 is 0 Å². The summed E-state index contributed by atoms with van der Waals surface area (Å²) in [7, 11) is 2.09. The standard InChI is InChI=1S/C17H19FN2O/c1-20-9-8-12(11-20)10-19-17(21)15-6-7-16(18)14-5-3-2-4-13(14)15/h2-7,12H,8-11H2,1H3,(H,19,21). The van der Waals surface area contributed by atoms with Gasteiger partial charge in [0.2, 0.25) is 0 Å². The summed E-state index contributed by atoms with van der Waals surface area (Å²) in [6.07, 6.45) is 1.11. The van der Waals surface area contributed by atoms with E-state index in [1.165, 1.54) is 6.07 Å². The van der Waals surface area contributed by atoms with Crippen molar-refractivity contribution < 1.29 is 9.18 Å². The largest absolute Gasteiger partial charge is 0.352 e. The quantitative estimate of drug-likeness (QED) is 0.941. The van der Waals surface area contributed by atoms with Crippen LogP contribution in [0.3, 0.4) is 0 Å². The Hall–Kier alpha value is -1.94. The SMILES string of the molecule is CN1CCC(CNC(=O)c2ccc(F)c3ccccc23)C1. The van der Waals surface area contributed by atoms with Crippen molar-refractivity contribution in [3.63, 3.8) is 0 Å². The Morgan fingerprint density at radius 3 is 2.76 bits per heavy atom. The number of fused-ring (bicyclic) bond motifs is 1. The first-order valence-corrected chi connectivity index (χ1v) is 7.29. The molecule has 1 aliphatic heterocycles. The van der Waals surface area contributed by atoms with Gasteiger partial charge in [0.15, 0.2) is 0 Å². The van der Waals surface area contributed by atoms with Crippen molar-refractivity contribution in [2.24, 2.45) is 5.92 Å². The van der Waals surface area contributed by atoms with Crippen LogP contribution in [0.2, 0.25) is 0 Å². The average Bonchev–Trinajstić information content (AvgIpc) is 2.91. The molecule has 0 aliphatic carbocycles. The number of nitrogens with one attached hydrogen (secondary N) is 1. The number of amides is 1. The summed E-state index contributed by atoms with van der Waals surface area (Å²) >= 11 is 0. The van der Waals surface area contributed by atoms with E-state index < -0.39 is 0 Å². The molecule has 1 unspecified atom stereocenters. The molecule has 2 aromatic carbocycles. The highest BCUT2D eigenvalue weighted by Crippen LogP contribution is 2.22. The summed E-state index contributed by atoms with van der Waals surface area (Å²) in [6, 6.07) is 10.0. The second-order valence-corrected chi connectivity index (χ2v) is 5.77.